The first-order valence-electron chi connectivity index (χ1n) is 5.29. The van der Waals surface area contributed by atoms with Crippen molar-refractivity contribution in [3.05, 3.63) is 34.1 Å². The van der Waals surface area contributed by atoms with Gasteiger partial charge in [0, 0.05) is 14.1 Å². The topological polar surface area (TPSA) is 110 Å². The minimum absolute atomic E-state index is 0.548. The van der Waals surface area contributed by atoms with Crippen molar-refractivity contribution in [3.63, 3.8) is 0 Å². The molecule has 1 N–H and O–H groups in total. The Labute approximate surface area is 114 Å². The number of hydrogen-bond donors (Lipinski definition) is 1. The van der Waals surface area contributed by atoms with Gasteiger partial charge in [0.15, 0.2) is 4.90 Å². The van der Waals surface area contributed by atoms with E-state index in [0.29, 0.717) is 0 Å². The Bertz CT molecular complexity index is 644. The van der Waals surface area contributed by atoms with E-state index in [9.17, 15) is 27.7 Å². The molecule has 110 valence electrons. The quantitative estimate of drug-likeness (QED) is 0.613. The number of carbonyl (C=O) groups is 1. The molecule has 0 radical (unpaired) electrons. The molecule has 0 fully saturated rings. The molecular weight excluding hydrogens is 293 g/mol. The van der Waals surface area contributed by atoms with Crippen LogP contribution >= 0.6 is 0 Å². The SMILES string of the molecule is CN(C)C(=O)CNS(=O)(=O)c1cccc(F)c1[N+](=O)[O-]. The molecule has 0 saturated carbocycles. The second kappa shape index (κ2) is 5.92. The molecular formula is C10H12FN3O5S. The van der Waals surface area contributed by atoms with Crippen LogP contribution in [-0.4, -0.2) is 44.8 Å². The number of nitrogens with zero attached hydrogens (tertiary/aromatic N) is 2. The predicted molar refractivity (Wildman–Crippen MR) is 66.9 cm³/mol. The first-order valence-corrected chi connectivity index (χ1v) is 6.78. The number of para-hydroxylation sites is 1. The van der Waals surface area contributed by atoms with Gasteiger partial charge in [0.05, 0.1) is 11.5 Å². The van der Waals surface area contributed by atoms with Crippen molar-refractivity contribution in [2.75, 3.05) is 20.6 Å². The summed E-state index contributed by atoms with van der Waals surface area (Å²) in [5.41, 5.74) is -1.16. The Balaban J connectivity index is 3.14. The third-order valence-corrected chi connectivity index (χ3v) is 3.77. The summed E-state index contributed by atoms with van der Waals surface area (Å²) in [6, 6.07) is 2.70. The Morgan fingerprint density at radius 1 is 1.45 bits per heavy atom. The van der Waals surface area contributed by atoms with E-state index in [2.05, 4.69) is 0 Å². The first-order chi connectivity index (χ1) is 9.16. The Morgan fingerprint density at radius 2 is 2.05 bits per heavy atom. The highest BCUT2D eigenvalue weighted by Gasteiger charge is 2.29. The highest BCUT2D eigenvalue weighted by atomic mass is 32.2. The van der Waals surface area contributed by atoms with Crippen LogP contribution in [0.15, 0.2) is 23.1 Å². The molecule has 0 aliphatic heterocycles. The van der Waals surface area contributed by atoms with Gasteiger partial charge in [-0.1, -0.05) is 6.07 Å². The van der Waals surface area contributed by atoms with Gasteiger partial charge in [-0.25, -0.2) is 13.1 Å². The average molecular weight is 305 g/mol. The van der Waals surface area contributed by atoms with E-state index >= 15 is 0 Å². The van der Waals surface area contributed by atoms with Crippen molar-refractivity contribution in [3.8, 4) is 0 Å². The van der Waals surface area contributed by atoms with Crippen LogP contribution in [0.5, 0.6) is 0 Å². The van der Waals surface area contributed by atoms with Gasteiger partial charge in [-0.2, -0.15) is 4.39 Å². The maximum Gasteiger partial charge on any atom is 0.324 e. The summed E-state index contributed by atoms with van der Waals surface area (Å²) in [5.74, 6) is -1.82. The number of nitrogens with one attached hydrogen (secondary N) is 1. The highest BCUT2D eigenvalue weighted by Crippen LogP contribution is 2.26. The molecule has 0 unspecified atom stereocenters. The Kier molecular flexibility index (Phi) is 4.73. The van der Waals surface area contributed by atoms with Gasteiger partial charge >= 0.3 is 5.69 Å². The van der Waals surface area contributed by atoms with Gasteiger partial charge in [-0.3, -0.25) is 14.9 Å². The second-order valence-corrected chi connectivity index (χ2v) is 5.69. The van der Waals surface area contributed by atoms with Crippen LogP contribution in [0, 0.1) is 15.9 Å². The lowest BCUT2D eigenvalue weighted by molar-refractivity contribution is -0.390. The van der Waals surface area contributed by atoms with E-state index in [1.54, 1.807) is 0 Å². The van der Waals surface area contributed by atoms with Crippen LogP contribution in [0.1, 0.15) is 0 Å². The van der Waals surface area contributed by atoms with Crippen molar-refractivity contribution in [2.24, 2.45) is 0 Å². The van der Waals surface area contributed by atoms with Crippen LogP contribution < -0.4 is 4.72 Å². The van der Waals surface area contributed by atoms with Crippen molar-refractivity contribution < 1.29 is 22.5 Å². The zero-order valence-electron chi connectivity index (χ0n) is 10.7. The normalized spacial score (nSPS) is 11.2. The number of sulfonamides is 1. The summed E-state index contributed by atoms with van der Waals surface area (Å²) < 4.78 is 39.0. The number of carbonyl (C=O) groups excluding carboxylic acids is 1. The van der Waals surface area contributed by atoms with Crippen molar-refractivity contribution >= 4 is 21.6 Å². The van der Waals surface area contributed by atoms with E-state index in [1.807, 2.05) is 4.72 Å². The van der Waals surface area contributed by atoms with Gasteiger partial charge < -0.3 is 4.90 Å². The lowest BCUT2D eigenvalue weighted by Crippen LogP contribution is -2.36. The van der Waals surface area contributed by atoms with E-state index in [0.717, 1.165) is 23.1 Å². The molecule has 8 nitrogen and oxygen atoms in total. The maximum atomic E-state index is 13.3. The van der Waals surface area contributed by atoms with Gasteiger partial charge in [-0.15, -0.1) is 0 Å². The van der Waals surface area contributed by atoms with Crippen molar-refractivity contribution in [1.82, 2.24) is 9.62 Å². The van der Waals surface area contributed by atoms with Crippen molar-refractivity contribution in [2.45, 2.75) is 4.90 Å². The number of hydrogen-bond acceptors (Lipinski definition) is 5. The number of likely N-dealkylation sites (N-methyl/N-ethyl adjacent to an activating group) is 1. The predicted octanol–water partition coefficient (Wildman–Crippen LogP) is 0.100. The molecule has 1 amide bonds. The summed E-state index contributed by atoms with van der Waals surface area (Å²) in [6.45, 7) is -0.580. The third-order valence-electron chi connectivity index (χ3n) is 2.33. The number of rotatable bonds is 5. The molecule has 0 saturated heterocycles. The zero-order valence-corrected chi connectivity index (χ0v) is 11.5. The molecule has 0 atom stereocenters. The first kappa shape index (κ1) is 16.0. The van der Waals surface area contributed by atoms with Gasteiger partial charge in [0.2, 0.25) is 21.7 Å². The van der Waals surface area contributed by atoms with Crippen LogP contribution in [-0.2, 0) is 14.8 Å². The third kappa shape index (κ3) is 3.48. The zero-order chi connectivity index (χ0) is 15.5. The van der Waals surface area contributed by atoms with E-state index in [4.69, 9.17) is 0 Å². The summed E-state index contributed by atoms with van der Waals surface area (Å²) >= 11 is 0. The standard InChI is InChI=1S/C10H12FN3O5S/c1-13(2)9(15)6-12-20(18,19)8-5-3-4-7(11)10(8)14(16)17/h3-5,12H,6H2,1-2H3. The van der Waals surface area contributed by atoms with E-state index < -0.39 is 43.8 Å². The van der Waals surface area contributed by atoms with Crippen LogP contribution in [0.2, 0.25) is 0 Å². The average Bonchev–Trinajstić information content (AvgIpc) is 2.35. The van der Waals surface area contributed by atoms with Gasteiger partial charge in [0.1, 0.15) is 0 Å². The monoisotopic (exact) mass is 305 g/mol. The summed E-state index contributed by atoms with van der Waals surface area (Å²) in [4.78, 5) is 21.2. The molecule has 1 aromatic carbocycles. The van der Waals surface area contributed by atoms with Crippen LogP contribution in [0.3, 0.4) is 0 Å². The van der Waals surface area contributed by atoms with E-state index in [-0.39, 0.29) is 0 Å². The highest BCUT2D eigenvalue weighted by molar-refractivity contribution is 7.89. The molecule has 10 heteroatoms. The molecule has 0 spiro atoms. The van der Waals surface area contributed by atoms with Crippen LogP contribution in [0.4, 0.5) is 10.1 Å². The fourth-order valence-electron chi connectivity index (χ4n) is 1.28. The number of nitro benzene ring substituents is 1. The molecule has 1 rings (SSSR count). The number of amides is 1. The van der Waals surface area contributed by atoms with Crippen molar-refractivity contribution in [1.29, 1.82) is 0 Å². The largest absolute Gasteiger partial charge is 0.348 e. The summed E-state index contributed by atoms with van der Waals surface area (Å²) in [5, 5.41) is 10.7. The van der Waals surface area contributed by atoms with Gasteiger partial charge in [-0.05, 0) is 12.1 Å². The second-order valence-electron chi connectivity index (χ2n) is 3.96. The molecule has 20 heavy (non-hydrogen) atoms. The minimum Gasteiger partial charge on any atom is -0.348 e. The van der Waals surface area contributed by atoms with Gasteiger partial charge in [0.25, 0.3) is 0 Å². The Hall–Kier alpha value is -2.07. The summed E-state index contributed by atoms with van der Waals surface area (Å²) in [7, 11) is -1.53. The molecule has 0 aliphatic rings. The lowest BCUT2D eigenvalue weighted by atomic mass is 10.3. The molecule has 0 aliphatic carbocycles. The molecule has 0 heterocycles. The number of halogens is 1. The fourth-order valence-corrected chi connectivity index (χ4v) is 2.44. The molecule has 0 bridgehead atoms. The van der Waals surface area contributed by atoms with E-state index in [1.165, 1.54) is 14.1 Å². The number of nitro groups is 1. The number of benzene rings is 1. The Morgan fingerprint density at radius 3 is 2.55 bits per heavy atom. The molecule has 1 aromatic rings. The summed E-state index contributed by atoms with van der Waals surface area (Å²) in [6.07, 6.45) is 0. The lowest BCUT2D eigenvalue weighted by Gasteiger charge is -2.11. The maximum absolute atomic E-state index is 13.3. The molecule has 0 aromatic heterocycles. The minimum atomic E-state index is -4.37. The fraction of sp³-hybridized carbons (Fsp3) is 0.300. The van der Waals surface area contributed by atoms with Crippen LogP contribution in [0.25, 0.3) is 0 Å². The smallest absolute Gasteiger partial charge is 0.324 e.